The molecule has 0 aliphatic carbocycles. The second-order valence-corrected chi connectivity index (χ2v) is 5.60. The molecule has 1 aromatic heterocycles. The van der Waals surface area contributed by atoms with Crippen molar-refractivity contribution in [2.24, 2.45) is 0 Å². The Bertz CT molecular complexity index is 642. The van der Waals surface area contributed by atoms with E-state index in [9.17, 15) is 4.79 Å². The fourth-order valence-corrected chi connectivity index (χ4v) is 3.18. The van der Waals surface area contributed by atoms with E-state index in [1.165, 1.54) is 10.9 Å². The van der Waals surface area contributed by atoms with Crippen LogP contribution in [0.5, 0.6) is 5.75 Å². The van der Waals surface area contributed by atoms with E-state index in [-0.39, 0.29) is 6.54 Å². The summed E-state index contributed by atoms with van der Waals surface area (Å²) in [5.41, 5.74) is 2.44. The quantitative estimate of drug-likeness (QED) is 0.907. The molecule has 2 aromatic rings. The zero-order chi connectivity index (χ0) is 14.8. The SMILES string of the molecule is COc1ccc2[nH]cc(C3CCN(CC(=O)O)CC3)c2c1. The molecule has 0 amide bonds. The number of nitrogens with one attached hydrogen (secondary N) is 1. The van der Waals surface area contributed by atoms with Crippen LogP contribution < -0.4 is 4.74 Å². The van der Waals surface area contributed by atoms with Gasteiger partial charge in [-0.2, -0.15) is 0 Å². The topological polar surface area (TPSA) is 65.6 Å². The van der Waals surface area contributed by atoms with E-state index in [0.29, 0.717) is 5.92 Å². The summed E-state index contributed by atoms with van der Waals surface area (Å²) in [6.45, 7) is 1.83. The molecule has 0 atom stereocenters. The maximum absolute atomic E-state index is 10.8. The second-order valence-electron chi connectivity index (χ2n) is 5.60. The molecule has 0 unspecified atom stereocenters. The van der Waals surface area contributed by atoms with Crippen LogP contribution in [0.4, 0.5) is 0 Å². The molecule has 1 aliphatic rings. The van der Waals surface area contributed by atoms with Crippen LogP contribution >= 0.6 is 0 Å². The number of ether oxygens (including phenoxy) is 1. The van der Waals surface area contributed by atoms with Gasteiger partial charge in [0.05, 0.1) is 13.7 Å². The summed E-state index contributed by atoms with van der Waals surface area (Å²) >= 11 is 0. The van der Waals surface area contributed by atoms with Crippen molar-refractivity contribution < 1.29 is 14.6 Å². The van der Waals surface area contributed by atoms with Crippen molar-refractivity contribution in [1.29, 1.82) is 0 Å². The molecule has 0 spiro atoms. The van der Waals surface area contributed by atoms with E-state index in [4.69, 9.17) is 9.84 Å². The highest BCUT2D eigenvalue weighted by Crippen LogP contribution is 2.34. The number of likely N-dealkylation sites (tertiary alicyclic amines) is 1. The molecule has 1 saturated heterocycles. The maximum atomic E-state index is 10.8. The highest BCUT2D eigenvalue weighted by molar-refractivity contribution is 5.85. The Hall–Kier alpha value is -2.01. The van der Waals surface area contributed by atoms with E-state index in [1.807, 2.05) is 17.0 Å². The Morgan fingerprint density at radius 1 is 1.43 bits per heavy atom. The summed E-state index contributed by atoms with van der Waals surface area (Å²) in [5, 5.41) is 10.1. The number of piperidine rings is 1. The number of carboxylic acid groups (broad SMARTS) is 1. The molecule has 112 valence electrons. The summed E-state index contributed by atoms with van der Waals surface area (Å²) in [5.74, 6) is 0.604. The van der Waals surface area contributed by atoms with Crippen LogP contribution in [0.1, 0.15) is 24.3 Å². The van der Waals surface area contributed by atoms with E-state index < -0.39 is 5.97 Å². The Kier molecular flexibility index (Phi) is 3.84. The largest absolute Gasteiger partial charge is 0.497 e. The van der Waals surface area contributed by atoms with Crippen molar-refractivity contribution in [3.63, 3.8) is 0 Å². The monoisotopic (exact) mass is 288 g/mol. The first-order valence-corrected chi connectivity index (χ1v) is 7.26. The molecule has 2 N–H and O–H groups in total. The van der Waals surface area contributed by atoms with E-state index in [1.54, 1.807) is 7.11 Å². The average Bonchev–Trinajstić information content (AvgIpc) is 2.90. The van der Waals surface area contributed by atoms with Crippen molar-refractivity contribution in [3.8, 4) is 5.75 Å². The summed E-state index contributed by atoms with van der Waals surface area (Å²) in [7, 11) is 1.68. The molecule has 1 aromatic carbocycles. The number of fused-ring (bicyclic) bond motifs is 1. The Balaban J connectivity index is 1.77. The summed E-state index contributed by atoms with van der Waals surface area (Å²) in [4.78, 5) is 16.1. The molecule has 3 rings (SSSR count). The first-order chi connectivity index (χ1) is 10.2. The molecule has 5 heteroatoms. The minimum Gasteiger partial charge on any atom is -0.497 e. The van der Waals surface area contributed by atoms with Gasteiger partial charge in [0.1, 0.15) is 5.75 Å². The second kappa shape index (κ2) is 5.77. The van der Waals surface area contributed by atoms with Crippen molar-refractivity contribution >= 4 is 16.9 Å². The number of aromatic nitrogens is 1. The summed E-state index contributed by atoms with van der Waals surface area (Å²) in [6, 6.07) is 6.07. The van der Waals surface area contributed by atoms with Gasteiger partial charge >= 0.3 is 5.97 Å². The molecule has 0 radical (unpaired) electrons. The van der Waals surface area contributed by atoms with Gasteiger partial charge in [-0.1, -0.05) is 0 Å². The van der Waals surface area contributed by atoms with Gasteiger partial charge in [-0.05, 0) is 55.6 Å². The minimum atomic E-state index is -0.745. The lowest BCUT2D eigenvalue weighted by Crippen LogP contribution is -2.36. The van der Waals surface area contributed by atoms with Crippen LogP contribution in [0.2, 0.25) is 0 Å². The van der Waals surface area contributed by atoms with Crippen LogP contribution in [0.3, 0.4) is 0 Å². The standard InChI is InChI=1S/C16H20N2O3/c1-21-12-2-3-15-13(8-12)14(9-17-15)11-4-6-18(7-5-11)10-16(19)20/h2-3,8-9,11,17H,4-7,10H2,1H3,(H,19,20). The van der Waals surface area contributed by atoms with Gasteiger partial charge in [0.15, 0.2) is 0 Å². The lowest BCUT2D eigenvalue weighted by Gasteiger charge is -2.30. The molecule has 2 heterocycles. The zero-order valence-electron chi connectivity index (χ0n) is 12.1. The normalized spacial score (nSPS) is 17.2. The Morgan fingerprint density at radius 2 is 2.19 bits per heavy atom. The number of aromatic amines is 1. The Labute approximate surface area is 123 Å². The molecule has 1 aliphatic heterocycles. The highest BCUT2D eigenvalue weighted by atomic mass is 16.5. The molecule has 21 heavy (non-hydrogen) atoms. The van der Waals surface area contributed by atoms with Crippen molar-refractivity contribution in [3.05, 3.63) is 30.0 Å². The van der Waals surface area contributed by atoms with Crippen molar-refractivity contribution in [2.45, 2.75) is 18.8 Å². The van der Waals surface area contributed by atoms with Gasteiger partial charge in [-0.3, -0.25) is 9.69 Å². The fraction of sp³-hybridized carbons (Fsp3) is 0.438. The molecule has 5 nitrogen and oxygen atoms in total. The van der Waals surface area contributed by atoms with Crippen LogP contribution in [-0.2, 0) is 4.79 Å². The number of nitrogens with zero attached hydrogens (tertiary/aromatic N) is 1. The molecule has 0 saturated carbocycles. The average molecular weight is 288 g/mol. The lowest BCUT2D eigenvalue weighted by atomic mass is 9.89. The lowest BCUT2D eigenvalue weighted by molar-refractivity contribution is -0.138. The number of hydrogen-bond acceptors (Lipinski definition) is 3. The van der Waals surface area contributed by atoms with Gasteiger partial charge in [0.25, 0.3) is 0 Å². The molecular weight excluding hydrogens is 268 g/mol. The van der Waals surface area contributed by atoms with E-state index >= 15 is 0 Å². The van der Waals surface area contributed by atoms with E-state index in [0.717, 1.165) is 37.2 Å². The minimum absolute atomic E-state index is 0.147. The molecular formula is C16H20N2O3. The third kappa shape index (κ3) is 2.88. The van der Waals surface area contributed by atoms with Crippen LogP contribution in [0, 0.1) is 0 Å². The predicted molar refractivity (Wildman–Crippen MR) is 80.9 cm³/mol. The van der Waals surface area contributed by atoms with Gasteiger partial charge in [-0.15, -0.1) is 0 Å². The Morgan fingerprint density at radius 3 is 2.86 bits per heavy atom. The van der Waals surface area contributed by atoms with Gasteiger partial charge < -0.3 is 14.8 Å². The van der Waals surface area contributed by atoms with Gasteiger partial charge in [-0.25, -0.2) is 0 Å². The zero-order valence-corrected chi connectivity index (χ0v) is 12.1. The summed E-state index contributed by atoms with van der Waals surface area (Å²) < 4.78 is 5.31. The molecule has 0 bridgehead atoms. The first-order valence-electron chi connectivity index (χ1n) is 7.26. The smallest absolute Gasteiger partial charge is 0.317 e. The maximum Gasteiger partial charge on any atom is 0.317 e. The van der Waals surface area contributed by atoms with E-state index in [2.05, 4.69) is 17.2 Å². The number of methoxy groups -OCH3 is 1. The molecule has 1 fully saturated rings. The summed E-state index contributed by atoms with van der Waals surface area (Å²) in [6.07, 6.45) is 4.08. The van der Waals surface area contributed by atoms with Gasteiger partial charge in [0.2, 0.25) is 0 Å². The predicted octanol–water partition coefficient (Wildman–Crippen LogP) is 2.44. The van der Waals surface area contributed by atoms with Gasteiger partial charge in [0, 0.05) is 17.1 Å². The number of carboxylic acids is 1. The highest BCUT2D eigenvalue weighted by Gasteiger charge is 2.23. The first kappa shape index (κ1) is 13.9. The fourth-order valence-electron chi connectivity index (χ4n) is 3.18. The van der Waals surface area contributed by atoms with Crippen LogP contribution in [0.25, 0.3) is 10.9 Å². The number of hydrogen-bond donors (Lipinski definition) is 2. The third-order valence-corrected chi connectivity index (χ3v) is 4.31. The van der Waals surface area contributed by atoms with Crippen molar-refractivity contribution in [1.82, 2.24) is 9.88 Å². The third-order valence-electron chi connectivity index (χ3n) is 4.31. The number of H-pyrrole nitrogens is 1. The number of aliphatic carboxylic acids is 1. The number of benzene rings is 1. The van der Waals surface area contributed by atoms with Crippen molar-refractivity contribution in [2.75, 3.05) is 26.7 Å². The van der Waals surface area contributed by atoms with Crippen LogP contribution in [0.15, 0.2) is 24.4 Å². The number of carbonyl (C=O) groups is 1. The van der Waals surface area contributed by atoms with Crippen LogP contribution in [-0.4, -0.2) is 47.7 Å². The number of rotatable bonds is 4.